The summed E-state index contributed by atoms with van der Waals surface area (Å²) >= 11 is 0. The van der Waals surface area contributed by atoms with Crippen molar-refractivity contribution in [2.24, 2.45) is 0 Å². The SMILES string of the molecule is CO[C@@](C)(CC/C=C(\C)Cc1cc(C)co1)[C@@H]1Cc2cc(O)c(C)cc2O1. The summed E-state index contributed by atoms with van der Waals surface area (Å²) in [5, 5.41) is 9.95. The van der Waals surface area contributed by atoms with E-state index in [0.29, 0.717) is 5.75 Å². The van der Waals surface area contributed by atoms with Crippen molar-refractivity contribution < 1.29 is 19.0 Å². The van der Waals surface area contributed by atoms with E-state index in [0.717, 1.165) is 53.9 Å². The molecule has 2 aromatic rings. The molecule has 1 aliphatic rings. The topological polar surface area (TPSA) is 51.8 Å². The summed E-state index contributed by atoms with van der Waals surface area (Å²) in [6, 6.07) is 5.81. The molecule has 0 radical (unpaired) electrons. The third-order valence-electron chi connectivity index (χ3n) is 5.57. The first-order chi connectivity index (χ1) is 12.8. The highest BCUT2D eigenvalue weighted by atomic mass is 16.5. The molecule has 0 saturated heterocycles. The van der Waals surface area contributed by atoms with Crippen LogP contribution in [0.1, 0.15) is 49.1 Å². The first kappa shape index (κ1) is 19.6. The van der Waals surface area contributed by atoms with Crippen LogP contribution in [0.2, 0.25) is 0 Å². The smallest absolute Gasteiger partial charge is 0.131 e. The summed E-state index contributed by atoms with van der Waals surface area (Å²) in [5.41, 5.74) is 3.94. The first-order valence-electron chi connectivity index (χ1n) is 9.54. The highest BCUT2D eigenvalue weighted by molar-refractivity contribution is 5.47. The molecular formula is C23H30O4. The fourth-order valence-electron chi connectivity index (χ4n) is 3.65. The van der Waals surface area contributed by atoms with Crippen molar-refractivity contribution >= 4 is 0 Å². The Morgan fingerprint density at radius 2 is 2.11 bits per heavy atom. The lowest BCUT2D eigenvalue weighted by Crippen LogP contribution is -2.44. The summed E-state index contributed by atoms with van der Waals surface area (Å²) in [6.07, 6.45) is 7.36. The number of phenols is 1. The van der Waals surface area contributed by atoms with Crippen LogP contribution in [0.4, 0.5) is 0 Å². The van der Waals surface area contributed by atoms with Crippen molar-refractivity contribution in [3.8, 4) is 11.5 Å². The molecule has 2 heterocycles. The highest BCUT2D eigenvalue weighted by Gasteiger charge is 2.40. The van der Waals surface area contributed by atoms with Crippen LogP contribution in [-0.2, 0) is 17.6 Å². The van der Waals surface area contributed by atoms with Crippen LogP contribution in [-0.4, -0.2) is 23.9 Å². The quantitative estimate of drug-likeness (QED) is 0.674. The lowest BCUT2D eigenvalue weighted by Gasteiger charge is -2.33. The Hall–Kier alpha value is -2.20. The van der Waals surface area contributed by atoms with E-state index in [2.05, 4.69) is 26.0 Å². The van der Waals surface area contributed by atoms with Crippen LogP contribution in [0, 0.1) is 13.8 Å². The van der Waals surface area contributed by atoms with E-state index in [4.69, 9.17) is 13.9 Å². The van der Waals surface area contributed by atoms with E-state index in [1.165, 1.54) is 5.57 Å². The molecule has 0 bridgehead atoms. The highest BCUT2D eigenvalue weighted by Crippen LogP contribution is 2.39. The fraction of sp³-hybridized carbons (Fsp3) is 0.478. The molecule has 1 N–H and O–H groups in total. The van der Waals surface area contributed by atoms with Crippen LogP contribution in [0.25, 0.3) is 0 Å². The van der Waals surface area contributed by atoms with Gasteiger partial charge in [0.25, 0.3) is 0 Å². The van der Waals surface area contributed by atoms with Gasteiger partial charge in [-0.2, -0.15) is 0 Å². The fourth-order valence-corrected chi connectivity index (χ4v) is 3.65. The predicted octanol–water partition coefficient (Wildman–Crippen LogP) is 5.28. The molecule has 27 heavy (non-hydrogen) atoms. The largest absolute Gasteiger partial charge is 0.508 e. The molecule has 4 heteroatoms. The number of phenolic OH excluding ortho intramolecular Hbond substituents is 1. The molecule has 0 amide bonds. The van der Waals surface area contributed by atoms with Crippen LogP contribution >= 0.6 is 0 Å². The monoisotopic (exact) mass is 370 g/mol. The van der Waals surface area contributed by atoms with Gasteiger partial charge in [0, 0.05) is 25.5 Å². The number of fused-ring (bicyclic) bond motifs is 1. The number of rotatable bonds is 7. The van der Waals surface area contributed by atoms with Gasteiger partial charge in [-0.25, -0.2) is 0 Å². The maximum Gasteiger partial charge on any atom is 0.131 e. The number of hydrogen-bond acceptors (Lipinski definition) is 4. The standard InChI is InChI=1S/C23H30O4/c1-15(9-19-10-16(2)14-26-19)7-6-8-23(4,25-5)22-13-18-12-20(24)17(3)11-21(18)27-22/h7,10-12,14,22,24H,6,8-9,13H2,1-5H3/b15-7+/t22-,23-/m0/s1. The molecule has 0 spiro atoms. The minimum Gasteiger partial charge on any atom is -0.508 e. The molecule has 0 fully saturated rings. The molecule has 4 nitrogen and oxygen atoms in total. The van der Waals surface area contributed by atoms with Gasteiger partial charge in [0.15, 0.2) is 0 Å². The van der Waals surface area contributed by atoms with Crippen molar-refractivity contribution in [2.75, 3.05) is 7.11 Å². The van der Waals surface area contributed by atoms with Crippen molar-refractivity contribution in [1.29, 1.82) is 0 Å². The van der Waals surface area contributed by atoms with Gasteiger partial charge in [-0.05, 0) is 69.9 Å². The molecule has 1 aromatic heterocycles. The molecule has 0 unspecified atom stereocenters. The van der Waals surface area contributed by atoms with Gasteiger partial charge in [-0.15, -0.1) is 0 Å². The lowest BCUT2D eigenvalue weighted by atomic mass is 9.89. The zero-order valence-electron chi connectivity index (χ0n) is 17.0. The van der Waals surface area contributed by atoms with Crippen molar-refractivity contribution in [2.45, 2.75) is 65.1 Å². The van der Waals surface area contributed by atoms with Gasteiger partial charge in [-0.3, -0.25) is 0 Å². The number of hydrogen-bond donors (Lipinski definition) is 1. The van der Waals surface area contributed by atoms with E-state index in [1.807, 2.05) is 26.0 Å². The molecule has 2 atom stereocenters. The maximum absolute atomic E-state index is 9.95. The lowest BCUT2D eigenvalue weighted by molar-refractivity contribution is -0.0755. The van der Waals surface area contributed by atoms with Gasteiger partial charge >= 0.3 is 0 Å². The normalized spacial score (nSPS) is 18.9. The number of ether oxygens (including phenoxy) is 2. The molecule has 1 aliphatic heterocycles. The first-order valence-corrected chi connectivity index (χ1v) is 9.54. The Labute approximate surface area is 161 Å². The predicted molar refractivity (Wildman–Crippen MR) is 107 cm³/mol. The Morgan fingerprint density at radius 1 is 1.33 bits per heavy atom. The van der Waals surface area contributed by atoms with Crippen LogP contribution in [0.15, 0.2) is 40.5 Å². The van der Waals surface area contributed by atoms with E-state index >= 15 is 0 Å². The van der Waals surface area contributed by atoms with Crippen LogP contribution in [0.3, 0.4) is 0 Å². The molecule has 3 rings (SSSR count). The average molecular weight is 370 g/mol. The van der Waals surface area contributed by atoms with Crippen molar-refractivity contribution in [1.82, 2.24) is 0 Å². The van der Waals surface area contributed by atoms with E-state index in [-0.39, 0.29) is 11.7 Å². The van der Waals surface area contributed by atoms with Gasteiger partial charge < -0.3 is 19.0 Å². The number of methoxy groups -OCH3 is 1. The minimum atomic E-state index is -0.388. The molecular weight excluding hydrogens is 340 g/mol. The zero-order chi connectivity index (χ0) is 19.6. The minimum absolute atomic E-state index is 0.0554. The summed E-state index contributed by atoms with van der Waals surface area (Å²) < 4.78 is 17.6. The summed E-state index contributed by atoms with van der Waals surface area (Å²) in [4.78, 5) is 0. The molecule has 146 valence electrons. The Kier molecular flexibility index (Phi) is 5.66. The van der Waals surface area contributed by atoms with E-state index in [9.17, 15) is 5.11 Å². The molecule has 0 saturated carbocycles. The summed E-state index contributed by atoms with van der Waals surface area (Å²) in [6.45, 7) is 8.16. The van der Waals surface area contributed by atoms with Gasteiger partial charge in [0.2, 0.25) is 0 Å². The van der Waals surface area contributed by atoms with Crippen molar-refractivity contribution in [3.63, 3.8) is 0 Å². The van der Waals surface area contributed by atoms with Gasteiger partial charge in [-0.1, -0.05) is 11.6 Å². The van der Waals surface area contributed by atoms with Gasteiger partial charge in [0.1, 0.15) is 29.0 Å². The van der Waals surface area contributed by atoms with Crippen molar-refractivity contribution in [3.05, 3.63) is 58.6 Å². The van der Waals surface area contributed by atoms with Crippen LogP contribution in [0.5, 0.6) is 11.5 Å². The second-order valence-corrected chi connectivity index (χ2v) is 7.93. The molecule has 1 aromatic carbocycles. The number of furan rings is 1. The molecule has 0 aliphatic carbocycles. The second kappa shape index (κ2) is 7.81. The number of allylic oxidation sites excluding steroid dienone is 2. The Bertz CT molecular complexity index is 802. The van der Waals surface area contributed by atoms with Crippen LogP contribution < -0.4 is 4.74 Å². The third-order valence-corrected chi connectivity index (χ3v) is 5.57. The number of aryl methyl sites for hydroxylation is 2. The van der Waals surface area contributed by atoms with E-state index < -0.39 is 0 Å². The second-order valence-electron chi connectivity index (χ2n) is 7.93. The Morgan fingerprint density at radius 3 is 2.78 bits per heavy atom. The zero-order valence-corrected chi connectivity index (χ0v) is 17.0. The third kappa shape index (κ3) is 4.38. The van der Waals surface area contributed by atoms with E-state index in [1.54, 1.807) is 13.4 Å². The number of benzene rings is 1. The number of aromatic hydroxyl groups is 1. The summed E-state index contributed by atoms with van der Waals surface area (Å²) in [7, 11) is 1.75. The average Bonchev–Trinajstić information content (AvgIpc) is 3.21. The summed E-state index contributed by atoms with van der Waals surface area (Å²) in [5.74, 6) is 2.18. The van der Waals surface area contributed by atoms with Gasteiger partial charge in [0.05, 0.1) is 6.26 Å². The maximum atomic E-state index is 9.95. The Balaban J connectivity index is 1.61.